The Morgan fingerprint density at radius 1 is 1.35 bits per heavy atom. The van der Waals surface area contributed by atoms with Crippen LogP contribution in [0.25, 0.3) is 0 Å². The molecule has 3 heteroatoms. The summed E-state index contributed by atoms with van der Waals surface area (Å²) in [4.78, 5) is 11.5. The number of esters is 1. The van der Waals surface area contributed by atoms with E-state index in [-0.39, 0.29) is 12.4 Å². The molecule has 0 heterocycles. The van der Waals surface area contributed by atoms with E-state index in [4.69, 9.17) is 10.00 Å². The standard InChI is InChI=1S/C14H17NO2/c1-4-11-6-10(3)13(9-15)7-12(11)8-14(16)17-5-2/h6-7H,4-5,8H2,1-3H3. The first-order valence-corrected chi connectivity index (χ1v) is 5.80. The molecule has 1 rings (SSSR count). The monoisotopic (exact) mass is 231 g/mol. The number of carbonyl (C=O) groups excluding carboxylic acids is 1. The number of hydrogen-bond acceptors (Lipinski definition) is 3. The number of carbonyl (C=O) groups is 1. The molecule has 90 valence electrons. The summed E-state index contributed by atoms with van der Waals surface area (Å²) in [5, 5.41) is 8.98. The van der Waals surface area contributed by atoms with E-state index in [1.54, 1.807) is 13.0 Å². The zero-order valence-corrected chi connectivity index (χ0v) is 10.5. The van der Waals surface area contributed by atoms with Gasteiger partial charge in [-0.25, -0.2) is 0 Å². The van der Waals surface area contributed by atoms with Crippen molar-refractivity contribution in [2.75, 3.05) is 6.61 Å². The molecular formula is C14H17NO2. The quantitative estimate of drug-likeness (QED) is 0.748. The van der Waals surface area contributed by atoms with Crippen LogP contribution in [0, 0.1) is 18.3 Å². The molecule has 0 aliphatic rings. The zero-order valence-electron chi connectivity index (χ0n) is 10.5. The van der Waals surface area contributed by atoms with E-state index < -0.39 is 0 Å². The zero-order chi connectivity index (χ0) is 12.8. The van der Waals surface area contributed by atoms with E-state index in [1.165, 1.54) is 0 Å². The van der Waals surface area contributed by atoms with Crippen molar-refractivity contribution in [2.45, 2.75) is 33.6 Å². The molecular weight excluding hydrogens is 214 g/mol. The summed E-state index contributed by atoms with van der Waals surface area (Å²) in [6, 6.07) is 5.92. The number of ether oxygens (including phenoxy) is 1. The lowest BCUT2D eigenvalue weighted by atomic mass is 9.96. The molecule has 0 aliphatic heterocycles. The van der Waals surface area contributed by atoms with Gasteiger partial charge in [0.1, 0.15) is 0 Å². The van der Waals surface area contributed by atoms with E-state index in [0.29, 0.717) is 12.2 Å². The van der Waals surface area contributed by atoms with Crippen molar-refractivity contribution < 1.29 is 9.53 Å². The van der Waals surface area contributed by atoms with Crippen LogP contribution in [0.3, 0.4) is 0 Å². The van der Waals surface area contributed by atoms with Gasteiger partial charge in [0.15, 0.2) is 0 Å². The highest BCUT2D eigenvalue weighted by Crippen LogP contribution is 2.18. The van der Waals surface area contributed by atoms with E-state index in [2.05, 4.69) is 6.07 Å². The predicted molar refractivity (Wildman–Crippen MR) is 65.6 cm³/mol. The Balaban J connectivity index is 3.05. The summed E-state index contributed by atoms with van der Waals surface area (Å²) in [6.07, 6.45) is 1.09. The van der Waals surface area contributed by atoms with Crippen LogP contribution in [0.4, 0.5) is 0 Å². The van der Waals surface area contributed by atoms with Crippen molar-refractivity contribution in [3.8, 4) is 6.07 Å². The van der Waals surface area contributed by atoms with Gasteiger partial charge in [0, 0.05) is 0 Å². The van der Waals surface area contributed by atoms with Gasteiger partial charge in [-0.1, -0.05) is 13.0 Å². The van der Waals surface area contributed by atoms with E-state index >= 15 is 0 Å². The molecule has 0 amide bonds. The topological polar surface area (TPSA) is 50.1 Å². The van der Waals surface area contributed by atoms with Gasteiger partial charge in [-0.2, -0.15) is 5.26 Å². The molecule has 1 aromatic carbocycles. The van der Waals surface area contributed by atoms with Crippen LogP contribution >= 0.6 is 0 Å². The van der Waals surface area contributed by atoms with Gasteiger partial charge in [0.2, 0.25) is 0 Å². The third kappa shape index (κ3) is 3.32. The van der Waals surface area contributed by atoms with Gasteiger partial charge in [0.25, 0.3) is 0 Å². The molecule has 0 saturated carbocycles. The van der Waals surface area contributed by atoms with Crippen LogP contribution in [0.5, 0.6) is 0 Å². The highest BCUT2D eigenvalue weighted by Gasteiger charge is 2.10. The smallest absolute Gasteiger partial charge is 0.310 e. The lowest BCUT2D eigenvalue weighted by Crippen LogP contribution is -2.09. The summed E-state index contributed by atoms with van der Waals surface area (Å²) >= 11 is 0. The molecule has 0 radical (unpaired) electrons. The third-order valence-electron chi connectivity index (χ3n) is 2.69. The maximum Gasteiger partial charge on any atom is 0.310 e. The summed E-state index contributed by atoms with van der Waals surface area (Å²) in [6.45, 7) is 6.12. The van der Waals surface area contributed by atoms with Gasteiger partial charge in [0.05, 0.1) is 24.7 Å². The van der Waals surface area contributed by atoms with Crippen molar-refractivity contribution in [1.29, 1.82) is 5.26 Å². The molecule has 0 atom stereocenters. The van der Waals surface area contributed by atoms with Gasteiger partial charge in [-0.05, 0) is 43.0 Å². The van der Waals surface area contributed by atoms with Crippen LogP contribution in [0.15, 0.2) is 12.1 Å². The molecule has 0 saturated heterocycles. The first kappa shape index (κ1) is 13.2. The SMILES string of the molecule is CCOC(=O)Cc1cc(C#N)c(C)cc1CC. The molecule has 17 heavy (non-hydrogen) atoms. The number of benzene rings is 1. The fourth-order valence-corrected chi connectivity index (χ4v) is 1.79. The van der Waals surface area contributed by atoms with Crippen molar-refractivity contribution in [3.05, 3.63) is 34.4 Å². The van der Waals surface area contributed by atoms with Crippen LogP contribution in [-0.4, -0.2) is 12.6 Å². The van der Waals surface area contributed by atoms with Crippen LogP contribution in [0.1, 0.15) is 36.1 Å². The second-order valence-corrected chi connectivity index (χ2v) is 3.88. The minimum absolute atomic E-state index is 0.241. The van der Waals surface area contributed by atoms with Gasteiger partial charge < -0.3 is 4.74 Å². The van der Waals surface area contributed by atoms with Crippen molar-refractivity contribution in [3.63, 3.8) is 0 Å². The maximum atomic E-state index is 11.5. The average Bonchev–Trinajstić information content (AvgIpc) is 2.31. The second-order valence-electron chi connectivity index (χ2n) is 3.88. The molecule has 0 spiro atoms. The number of nitriles is 1. The van der Waals surface area contributed by atoms with E-state index in [1.807, 2.05) is 19.9 Å². The molecule has 1 aromatic rings. The van der Waals surface area contributed by atoms with Crippen LogP contribution < -0.4 is 0 Å². The van der Waals surface area contributed by atoms with Gasteiger partial charge in [-0.3, -0.25) is 4.79 Å². The van der Waals surface area contributed by atoms with Gasteiger partial charge >= 0.3 is 5.97 Å². The van der Waals surface area contributed by atoms with Crippen molar-refractivity contribution in [1.82, 2.24) is 0 Å². The predicted octanol–water partition coefficient (Wildman–Crippen LogP) is 2.53. The van der Waals surface area contributed by atoms with Crippen LogP contribution in [0.2, 0.25) is 0 Å². The summed E-state index contributed by atoms with van der Waals surface area (Å²) < 4.78 is 4.93. The van der Waals surface area contributed by atoms with E-state index in [9.17, 15) is 4.79 Å². The Kier molecular flexibility index (Phi) is 4.71. The minimum Gasteiger partial charge on any atom is -0.466 e. The summed E-state index contributed by atoms with van der Waals surface area (Å²) in [5.41, 5.74) is 3.58. The highest BCUT2D eigenvalue weighted by atomic mass is 16.5. The normalized spacial score (nSPS) is 9.76. The first-order chi connectivity index (χ1) is 8.12. The average molecular weight is 231 g/mol. The largest absolute Gasteiger partial charge is 0.466 e. The Bertz CT molecular complexity index is 458. The Labute approximate surface area is 102 Å². The molecule has 0 N–H and O–H groups in total. The molecule has 0 bridgehead atoms. The lowest BCUT2D eigenvalue weighted by molar-refractivity contribution is -0.142. The number of hydrogen-bond donors (Lipinski definition) is 0. The fourth-order valence-electron chi connectivity index (χ4n) is 1.79. The summed E-state index contributed by atoms with van der Waals surface area (Å²) in [5.74, 6) is -0.241. The number of nitrogens with zero attached hydrogens (tertiary/aromatic N) is 1. The molecule has 0 unspecified atom stereocenters. The maximum absolute atomic E-state index is 11.5. The van der Waals surface area contributed by atoms with Crippen molar-refractivity contribution in [2.24, 2.45) is 0 Å². The minimum atomic E-state index is -0.241. The molecule has 3 nitrogen and oxygen atoms in total. The summed E-state index contributed by atoms with van der Waals surface area (Å²) in [7, 11) is 0. The molecule has 0 fully saturated rings. The van der Waals surface area contributed by atoms with Crippen molar-refractivity contribution >= 4 is 5.97 Å². The first-order valence-electron chi connectivity index (χ1n) is 5.80. The lowest BCUT2D eigenvalue weighted by Gasteiger charge is -2.10. The fraction of sp³-hybridized carbons (Fsp3) is 0.429. The Morgan fingerprint density at radius 3 is 2.59 bits per heavy atom. The van der Waals surface area contributed by atoms with Gasteiger partial charge in [-0.15, -0.1) is 0 Å². The van der Waals surface area contributed by atoms with Crippen LogP contribution in [-0.2, 0) is 22.4 Å². The highest BCUT2D eigenvalue weighted by molar-refractivity contribution is 5.73. The Morgan fingerprint density at radius 2 is 2.06 bits per heavy atom. The Hall–Kier alpha value is -1.82. The second kappa shape index (κ2) is 6.05. The molecule has 0 aromatic heterocycles. The molecule has 0 aliphatic carbocycles. The number of aryl methyl sites for hydroxylation is 2. The number of rotatable bonds is 4. The third-order valence-corrected chi connectivity index (χ3v) is 2.69. The van der Waals surface area contributed by atoms with E-state index in [0.717, 1.165) is 23.1 Å².